The number of aryl methyl sites for hydroxylation is 1. The van der Waals surface area contributed by atoms with Gasteiger partial charge in [0.25, 0.3) is 0 Å². The highest BCUT2D eigenvalue weighted by atomic mass is 19.1. The van der Waals surface area contributed by atoms with Crippen molar-refractivity contribution in [3.05, 3.63) is 64.5 Å². The van der Waals surface area contributed by atoms with Crippen molar-refractivity contribution in [2.24, 2.45) is 5.92 Å². The maximum Gasteiger partial charge on any atom is 0.227 e. The van der Waals surface area contributed by atoms with Crippen molar-refractivity contribution >= 4 is 5.91 Å². The molecule has 2 aliphatic heterocycles. The minimum Gasteiger partial charge on any atom is -0.496 e. The number of piperidine rings is 1. The fraction of sp³-hybridized carbons (Fsp3) is 0.519. The molecule has 0 radical (unpaired) electrons. The maximum absolute atomic E-state index is 15.0. The van der Waals surface area contributed by atoms with Gasteiger partial charge in [-0.2, -0.15) is 0 Å². The molecule has 2 atom stereocenters. The number of nitrogens with zero attached hydrogens (tertiary/aromatic N) is 1. The van der Waals surface area contributed by atoms with Crippen LogP contribution in [-0.2, 0) is 16.6 Å². The summed E-state index contributed by atoms with van der Waals surface area (Å²) in [6.07, 6.45) is 4.50. The molecule has 0 saturated carbocycles. The predicted octanol–water partition coefficient (Wildman–Crippen LogP) is 4.34. The molecule has 1 N–H and O–H groups in total. The Bertz CT molecular complexity index is 980. The number of methoxy groups -OCH3 is 1. The minimum absolute atomic E-state index is 0.154. The van der Waals surface area contributed by atoms with E-state index in [0.29, 0.717) is 25.4 Å². The molecular weight excluding hydrogens is 403 g/mol. The SMILES string of the molecule is COc1c(C)cc(F)c2c1[C@]1(CCC2)CNC[C@H]1C(=O)N1CCC(c2ccccc2)CC1. The Morgan fingerprint density at radius 2 is 1.97 bits per heavy atom. The molecule has 0 unspecified atom stereocenters. The van der Waals surface area contributed by atoms with Crippen LogP contribution < -0.4 is 10.1 Å². The standard InChI is InChI=1S/C27H33FN2O2/c1-18-15-23(28)21-9-6-12-27(24(21)25(18)32-2)17-29-16-22(27)26(31)30-13-10-20(11-14-30)19-7-4-3-5-8-19/h3-5,7-8,15,20,22,29H,6,9-14,16-17H2,1-2H3/t22-,27+/m0/s1. The van der Waals surface area contributed by atoms with E-state index in [9.17, 15) is 4.79 Å². The Hall–Kier alpha value is -2.40. The van der Waals surface area contributed by atoms with Crippen LogP contribution in [0.4, 0.5) is 4.39 Å². The number of rotatable bonds is 3. The average Bonchev–Trinajstić information content (AvgIpc) is 3.24. The summed E-state index contributed by atoms with van der Waals surface area (Å²) in [5.41, 5.74) is 3.50. The van der Waals surface area contributed by atoms with E-state index in [1.165, 1.54) is 5.56 Å². The molecule has 1 spiro atoms. The summed E-state index contributed by atoms with van der Waals surface area (Å²) in [7, 11) is 1.66. The summed E-state index contributed by atoms with van der Waals surface area (Å²) < 4.78 is 20.8. The Morgan fingerprint density at radius 3 is 2.69 bits per heavy atom. The molecule has 1 aliphatic carbocycles. The first-order chi connectivity index (χ1) is 15.5. The van der Waals surface area contributed by atoms with Gasteiger partial charge in [0.1, 0.15) is 11.6 Å². The lowest BCUT2D eigenvalue weighted by atomic mass is 9.63. The van der Waals surface area contributed by atoms with E-state index >= 15 is 4.39 Å². The van der Waals surface area contributed by atoms with Gasteiger partial charge in [-0.3, -0.25) is 4.79 Å². The third-order valence-electron chi connectivity index (χ3n) is 8.10. The van der Waals surface area contributed by atoms with Crippen molar-refractivity contribution in [3.8, 4) is 5.75 Å². The van der Waals surface area contributed by atoms with Gasteiger partial charge in [0, 0.05) is 37.2 Å². The van der Waals surface area contributed by atoms with Crippen LogP contribution in [0, 0.1) is 18.7 Å². The van der Waals surface area contributed by atoms with Crippen LogP contribution in [0.3, 0.4) is 0 Å². The average molecular weight is 437 g/mol. The number of ether oxygens (including phenoxy) is 1. The molecule has 1 amide bonds. The van der Waals surface area contributed by atoms with Crippen LogP contribution in [0.15, 0.2) is 36.4 Å². The van der Waals surface area contributed by atoms with Crippen LogP contribution in [0.25, 0.3) is 0 Å². The molecule has 5 heteroatoms. The van der Waals surface area contributed by atoms with Gasteiger partial charge in [0.2, 0.25) is 5.91 Å². The zero-order valence-electron chi connectivity index (χ0n) is 19.1. The lowest BCUT2D eigenvalue weighted by Gasteiger charge is -2.43. The Balaban J connectivity index is 1.42. The van der Waals surface area contributed by atoms with Gasteiger partial charge in [0.05, 0.1) is 13.0 Å². The molecule has 2 saturated heterocycles. The van der Waals surface area contributed by atoms with Crippen LogP contribution in [0.1, 0.15) is 53.9 Å². The zero-order chi connectivity index (χ0) is 22.3. The largest absolute Gasteiger partial charge is 0.496 e. The number of halogens is 1. The Morgan fingerprint density at radius 1 is 1.22 bits per heavy atom. The van der Waals surface area contributed by atoms with Gasteiger partial charge in [-0.1, -0.05) is 30.3 Å². The van der Waals surface area contributed by atoms with E-state index in [1.54, 1.807) is 13.2 Å². The summed E-state index contributed by atoms with van der Waals surface area (Å²) in [6, 6.07) is 12.2. The topological polar surface area (TPSA) is 41.6 Å². The van der Waals surface area contributed by atoms with Gasteiger partial charge in [0.15, 0.2) is 0 Å². The number of amides is 1. The summed E-state index contributed by atoms with van der Waals surface area (Å²) in [5, 5.41) is 3.49. The van der Waals surface area contributed by atoms with Crippen molar-refractivity contribution in [3.63, 3.8) is 0 Å². The number of nitrogens with one attached hydrogen (secondary N) is 1. The first kappa shape index (κ1) is 21.4. The molecule has 4 nitrogen and oxygen atoms in total. The van der Waals surface area contributed by atoms with Gasteiger partial charge < -0.3 is 15.0 Å². The van der Waals surface area contributed by atoms with E-state index in [0.717, 1.165) is 61.2 Å². The highest BCUT2D eigenvalue weighted by Crippen LogP contribution is 2.51. The van der Waals surface area contributed by atoms with E-state index in [1.807, 2.05) is 6.92 Å². The van der Waals surface area contributed by atoms with E-state index in [-0.39, 0.29) is 23.1 Å². The number of hydrogen-bond acceptors (Lipinski definition) is 3. The second-order valence-electron chi connectivity index (χ2n) is 9.77. The molecule has 2 heterocycles. The molecule has 170 valence electrons. The highest BCUT2D eigenvalue weighted by Gasteiger charge is 2.53. The second-order valence-corrected chi connectivity index (χ2v) is 9.77. The maximum atomic E-state index is 15.0. The molecular formula is C27H33FN2O2. The third-order valence-corrected chi connectivity index (χ3v) is 8.10. The highest BCUT2D eigenvalue weighted by molar-refractivity contribution is 5.82. The monoisotopic (exact) mass is 436 g/mol. The summed E-state index contributed by atoms with van der Waals surface area (Å²) in [4.78, 5) is 15.9. The van der Waals surface area contributed by atoms with E-state index in [2.05, 4.69) is 40.5 Å². The summed E-state index contributed by atoms with van der Waals surface area (Å²) >= 11 is 0. The first-order valence-corrected chi connectivity index (χ1v) is 12.0. The van der Waals surface area contributed by atoms with Gasteiger partial charge >= 0.3 is 0 Å². The van der Waals surface area contributed by atoms with Gasteiger partial charge in [-0.05, 0) is 67.7 Å². The van der Waals surface area contributed by atoms with Crippen LogP contribution in [0.5, 0.6) is 5.75 Å². The first-order valence-electron chi connectivity index (χ1n) is 12.0. The fourth-order valence-electron chi connectivity index (χ4n) is 6.52. The van der Waals surface area contributed by atoms with Crippen molar-refractivity contribution in [2.75, 3.05) is 33.3 Å². The second kappa shape index (κ2) is 8.51. The van der Waals surface area contributed by atoms with Crippen molar-refractivity contribution in [2.45, 2.75) is 50.4 Å². The Kier molecular flexibility index (Phi) is 5.70. The van der Waals surface area contributed by atoms with Gasteiger partial charge in [-0.25, -0.2) is 4.39 Å². The van der Waals surface area contributed by atoms with Crippen LogP contribution >= 0.6 is 0 Å². The van der Waals surface area contributed by atoms with Crippen molar-refractivity contribution in [1.82, 2.24) is 10.2 Å². The minimum atomic E-state index is -0.390. The quantitative estimate of drug-likeness (QED) is 0.778. The molecule has 2 fully saturated rings. The van der Waals surface area contributed by atoms with Crippen LogP contribution in [0.2, 0.25) is 0 Å². The van der Waals surface area contributed by atoms with Crippen molar-refractivity contribution < 1.29 is 13.9 Å². The normalized spacial score (nSPS) is 25.7. The Labute approximate surface area is 190 Å². The molecule has 5 rings (SSSR count). The number of hydrogen-bond donors (Lipinski definition) is 1. The van der Waals surface area contributed by atoms with Gasteiger partial charge in [-0.15, -0.1) is 0 Å². The number of carbonyl (C=O) groups is 1. The van der Waals surface area contributed by atoms with Crippen molar-refractivity contribution in [1.29, 1.82) is 0 Å². The lowest BCUT2D eigenvalue weighted by molar-refractivity contribution is -0.138. The summed E-state index contributed by atoms with van der Waals surface area (Å²) in [6.45, 7) is 4.83. The number of likely N-dealkylation sites (tertiary alicyclic amines) is 1. The molecule has 32 heavy (non-hydrogen) atoms. The zero-order valence-corrected chi connectivity index (χ0v) is 19.1. The summed E-state index contributed by atoms with van der Waals surface area (Å²) in [5.74, 6) is 1.18. The number of carbonyl (C=O) groups excluding carboxylic acids is 1. The third kappa shape index (κ3) is 3.42. The molecule has 2 aromatic rings. The number of benzene rings is 2. The lowest BCUT2D eigenvalue weighted by Crippen LogP contribution is -2.49. The predicted molar refractivity (Wildman–Crippen MR) is 124 cm³/mol. The molecule has 0 bridgehead atoms. The molecule has 3 aliphatic rings. The molecule has 0 aromatic heterocycles. The smallest absolute Gasteiger partial charge is 0.227 e. The fourth-order valence-corrected chi connectivity index (χ4v) is 6.52. The van der Waals surface area contributed by atoms with E-state index in [4.69, 9.17) is 4.74 Å². The van der Waals surface area contributed by atoms with E-state index < -0.39 is 0 Å². The van der Waals surface area contributed by atoms with Crippen LogP contribution in [-0.4, -0.2) is 44.1 Å². The molecule has 2 aromatic carbocycles. The number of fused-ring (bicyclic) bond motifs is 2.